The van der Waals surface area contributed by atoms with Gasteiger partial charge in [-0.3, -0.25) is 4.79 Å². The van der Waals surface area contributed by atoms with Crippen LogP contribution in [0.25, 0.3) is 11.0 Å². The molecular formula is C23H26N4O2. The minimum Gasteiger partial charge on any atom is -0.478 e. The van der Waals surface area contributed by atoms with E-state index in [1.54, 1.807) is 7.11 Å². The summed E-state index contributed by atoms with van der Waals surface area (Å²) in [6.07, 6.45) is 1.81. The van der Waals surface area contributed by atoms with E-state index in [4.69, 9.17) is 9.72 Å². The van der Waals surface area contributed by atoms with Crippen LogP contribution in [0.2, 0.25) is 0 Å². The quantitative estimate of drug-likeness (QED) is 0.722. The van der Waals surface area contributed by atoms with E-state index in [0.29, 0.717) is 24.8 Å². The van der Waals surface area contributed by atoms with E-state index in [9.17, 15) is 4.79 Å². The van der Waals surface area contributed by atoms with Gasteiger partial charge in [0, 0.05) is 19.6 Å². The molecule has 6 heteroatoms. The summed E-state index contributed by atoms with van der Waals surface area (Å²) >= 11 is 0. The number of ether oxygens (including phenoxy) is 1. The third kappa shape index (κ3) is 4.31. The van der Waals surface area contributed by atoms with Crippen molar-refractivity contribution < 1.29 is 9.53 Å². The summed E-state index contributed by atoms with van der Waals surface area (Å²) in [4.78, 5) is 24.3. The zero-order valence-electron chi connectivity index (χ0n) is 16.9. The molecule has 0 saturated carbocycles. The highest BCUT2D eigenvalue weighted by atomic mass is 16.5. The number of para-hydroxylation sites is 2. The molecule has 1 saturated heterocycles. The molecule has 0 bridgehead atoms. The van der Waals surface area contributed by atoms with Gasteiger partial charge >= 0.3 is 0 Å². The molecule has 29 heavy (non-hydrogen) atoms. The fourth-order valence-corrected chi connectivity index (χ4v) is 3.74. The number of rotatable bonds is 5. The van der Waals surface area contributed by atoms with Crippen LogP contribution in [0.3, 0.4) is 0 Å². The van der Waals surface area contributed by atoms with Gasteiger partial charge in [-0.25, -0.2) is 9.97 Å². The molecule has 0 unspecified atom stereocenters. The number of nitrogens with zero attached hydrogens (tertiary/aromatic N) is 3. The standard InChI is InChI=1S/C23H26N4O2/c1-16-9-11-17(12-10-16)14-24-22(28)18-6-5-13-27(15-18)21-23(29-2)26-20-8-4-3-7-19(20)25-21/h3-4,7-12,18H,5-6,13-15H2,1-2H3,(H,24,28)/t18-/m0/s1. The third-order valence-electron chi connectivity index (χ3n) is 5.39. The van der Waals surface area contributed by atoms with Crippen LogP contribution >= 0.6 is 0 Å². The second kappa shape index (κ2) is 8.47. The Morgan fingerprint density at radius 2 is 1.86 bits per heavy atom. The lowest BCUT2D eigenvalue weighted by Gasteiger charge is -2.33. The molecule has 0 spiro atoms. The van der Waals surface area contributed by atoms with Crippen molar-refractivity contribution in [2.24, 2.45) is 5.92 Å². The first-order valence-electron chi connectivity index (χ1n) is 10.0. The van der Waals surface area contributed by atoms with E-state index < -0.39 is 0 Å². The van der Waals surface area contributed by atoms with Crippen molar-refractivity contribution in [3.8, 4) is 5.88 Å². The minimum atomic E-state index is -0.0767. The van der Waals surface area contributed by atoms with Crippen LogP contribution in [0.4, 0.5) is 5.82 Å². The highest BCUT2D eigenvalue weighted by Gasteiger charge is 2.28. The Balaban J connectivity index is 1.47. The maximum absolute atomic E-state index is 12.8. The maximum Gasteiger partial charge on any atom is 0.257 e. The molecule has 1 amide bonds. The zero-order chi connectivity index (χ0) is 20.2. The first kappa shape index (κ1) is 19.2. The largest absolute Gasteiger partial charge is 0.478 e. The molecule has 1 N–H and O–H groups in total. The second-order valence-corrected chi connectivity index (χ2v) is 7.53. The fraction of sp³-hybridized carbons (Fsp3) is 0.348. The predicted molar refractivity (Wildman–Crippen MR) is 114 cm³/mol. The molecule has 2 aromatic carbocycles. The highest BCUT2D eigenvalue weighted by molar-refractivity contribution is 5.80. The Labute approximate surface area is 170 Å². The summed E-state index contributed by atoms with van der Waals surface area (Å²) in [5, 5.41) is 3.09. The predicted octanol–water partition coefficient (Wildman–Crippen LogP) is 3.48. The van der Waals surface area contributed by atoms with E-state index in [2.05, 4.69) is 46.4 Å². The van der Waals surface area contributed by atoms with Gasteiger partial charge < -0.3 is 15.0 Å². The number of benzene rings is 2. The fourth-order valence-electron chi connectivity index (χ4n) is 3.74. The zero-order valence-corrected chi connectivity index (χ0v) is 16.9. The molecule has 1 atom stereocenters. The molecule has 4 rings (SSSR count). The van der Waals surface area contributed by atoms with Crippen LogP contribution in [0.5, 0.6) is 5.88 Å². The highest BCUT2D eigenvalue weighted by Crippen LogP contribution is 2.30. The van der Waals surface area contributed by atoms with Gasteiger partial charge in [0.2, 0.25) is 5.91 Å². The average molecular weight is 390 g/mol. The summed E-state index contributed by atoms with van der Waals surface area (Å²) in [7, 11) is 1.61. The molecule has 1 aromatic heterocycles. The Bertz CT molecular complexity index is 1000. The van der Waals surface area contributed by atoms with Crippen LogP contribution in [-0.4, -0.2) is 36.1 Å². The van der Waals surface area contributed by atoms with Gasteiger partial charge in [-0.2, -0.15) is 0 Å². The summed E-state index contributed by atoms with van der Waals surface area (Å²) in [5.74, 6) is 1.22. The molecule has 2 heterocycles. The van der Waals surface area contributed by atoms with Crippen LogP contribution < -0.4 is 15.0 Å². The summed E-state index contributed by atoms with van der Waals surface area (Å²) < 4.78 is 5.50. The van der Waals surface area contributed by atoms with Crippen molar-refractivity contribution in [1.82, 2.24) is 15.3 Å². The lowest BCUT2D eigenvalue weighted by molar-refractivity contribution is -0.125. The Kier molecular flexibility index (Phi) is 5.60. The number of amides is 1. The molecule has 1 aliphatic rings. The first-order chi connectivity index (χ1) is 14.1. The lowest BCUT2D eigenvalue weighted by Crippen LogP contribution is -2.43. The Hall–Kier alpha value is -3.15. The maximum atomic E-state index is 12.8. The van der Waals surface area contributed by atoms with E-state index in [-0.39, 0.29) is 11.8 Å². The number of fused-ring (bicyclic) bond motifs is 1. The summed E-state index contributed by atoms with van der Waals surface area (Å²) in [6.45, 7) is 4.06. The van der Waals surface area contributed by atoms with Gasteiger partial charge in [0.15, 0.2) is 5.82 Å². The summed E-state index contributed by atoms with van der Waals surface area (Å²) in [6, 6.07) is 16.0. The number of methoxy groups -OCH3 is 1. The van der Waals surface area contributed by atoms with Crippen molar-refractivity contribution >= 4 is 22.8 Å². The molecule has 0 aliphatic carbocycles. The van der Waals surface area contributed by atoms with Crippen LogP contribution in [0, 0.1) is 12.8 Å². The molecule has 1 fully saturated rings. The molecule has 0 radical (unpaired) electrons. The van der Waals surface area contributed by atoms with Crippen molar-refractivity contribution in [3.05, 3.63) is 59.7 Å². The molecular weight excluding hydrogens is 364 g/mol. The topological polar surface area (TPSA) is 67.4 Å². The number of aromatic nitrogens is 2. The SMILES string of the molecule is COc1nc2ccccc2nc1N1CCC[C@H](C(=O)NCc2ccc(C)cc2)C1. The van der Waals surface area contributed by atoms with E-state index in [0.717, 1.165) is 36.0 Å². The van der Waals surface area contributed by atoms with Crippen LogP contribution in [-0.2, 0) is 11.3 Å². The van der Waals surface area contributed by atoms with Gasteiger partial charge in [-0.15, -0.1) is 0 Å². The van der Waals surface area contributed by atoms with E-state index in [1.165, 1.54) is 5.56 Å². The van der Waals surface area contributed by atoms with Crippen LogP contribution in [0.15, 0.2) is 48.5 Å². The normalized spacial score (nSPS) is 16.6. The van der Waals surface area contributed by atoms with Gasteiger partial charge in [0.05, 0.1) is 24.1 Å². The third-order valence-corrected chi connectivity index (χ3v) is 5.39. The minimum absolute atomic E-state index is 0.0767. The lowest BCUT2D eigenvalue weighted by atomic mass is 9.97. The van der Waals surface area contributed by atoms with Gasteiger partial charge in [-0.05, 0) is 37.5 Å². The number of carbonyl (C=O) groups is 1. The van der Waals surface area contributed by atoms with Gasteiger partial charge in [-0.1, -0.05) is 42.0 Å². The van der Waals surface area contributed by atoms with Crippen LogP contribution in [0.1, 0.15) is 24.0 Å². The smallest absolute Gasteiger partial charge is 0.257 e. The number of anilines is 1. The van der Waals surface area contributed by atoms with Crippen molar-refractivity contribution in [1.29, 1.82) is 0 Å². The Morgan fingerprint density at radius 1 is 1.14 bits per heavy atom. The number of nitrogens with one attached hydrogen (secondary N) is 1. The van der Waals surface area contributed by atoms with E-state index in [1.807, 2.05) is 24.3 Å². The summed E-state index contributed by atoms with van der Waals surface area (Å²) in [5.41, 5.74) is 3.96. The van der Waals surface area contributed by atoms with Crippen molar-refractivity contribution in [2.75, 3.05) is 25.1 Å². The number of piperidine rings is 1. The second-order valence-electron chi connectivity index (χ2n) is 7.53. The number of hydrogen-bond acceptors (Lipinski definition) is 5. The average Bonchev–Trinajstić information content (AvgIpc) is 2.77. The monoisotopic (exact) mass is 390 g/mol. The van der Waals surface area contributed by atoms with Gasteiger partial charge in [0.25, 0.3) is 5.88 Å². The number of carbonyl (C=O) groups excluding carboxylic acids is 1. The molecule has 6 nitrogen and oxygen atoms in total. The number of hydrogen-bond donors (Lipinski definition) is 1. The molecule has 1 aliphatic heterocycles. The van der Waals surface area contributed by atoms with Crippen molar-refractivity contribution in [3.63, 3.8) is 0 Å². The molecule has 3 aromatic rings. The first-order valence-corrected chi connectivity index (χ1v) is 10.0. The van der Waals surface area contributed by atoms with Crippen molar-refractivity contribution in [2.45, 2.75) is 26.3 Å². The molecule has 150 valence electrons. The number of aryl methyl sites for hydroxylation is 1. The van der Waals surface area contributed by atoms with Gasteiger partial charge in [0.1, 0.15) is 0 Å². The Morgan fingerprint density at radius 3 is 2.59 bits per heavy atom. The van der Waals surface area contributed by atoms with E-state index >= 15 is 0 Å².